The number of alkyl halides is 1. The summed E-state index contributed by atoms with van der Waals surface area (Å²) in [5, 5.41) is 20.7. The Morgan fingerprint density at radius 1 is 0.618 bits per heavy atom. The Morgan fingerprint density at radius 2 is 1.06 bits per heavy atom. The molecule has 4 aromatic carbocycles. The first-order chi connectivity index (χ1) is 42.8. The molecular weight excluding hydrogens is 1250 g/mol. The lowest BCUT2D eigenvalue weighted by atomic mass is 9.50. The van der Waals surface area contributed by atoms with Gasteiger partial charge in [0.15, 0.2) is 0 Å². The molecule has 8 fully saturated rings. The number of amides is 3. The minimum Gasteiger partial charge on any atom is -0.399 e. The number of para-hydroxylation sites is 2. The van der Waals surface area contributed by atoms with E-state index in [2.05, 4.69) is 74.6 Å². The first kappa shape index (κ1) is 61.6. The highest BCUT2D eigenvalue weighted by atomic mass is 79.9. The van der Waals surface area contributed by atoms with Crippen molar-refractivity contribution < 1.29 is 19.2 Å². The summed E-state index contributed by atoms with van der Waals surface area (Å²) in [6.07, 6.45) is 25.9. The molecule has 0 radical (unpaired) electrons. The van der Waals surface area contributed by atoms with E-state index in [0.29, 0.717) is 91.4 Å². The Morgan fingerprint density at radius 3 is 1.48 bits per heavy atom. The number of likely N-dealkylation sites (N-methyl/N-ethyl adjacent to an activating group) is 1. The summed E-state index contributed by atoms with van der Waals surface area (Å²) in [4.78, 5) is 76.5. The minimum absolute atomic E-state index is 0.0264. The SMILES string of the molecule is CN(C)C/C=C/C(=O)Nc1ccc(C(=O)NC23CC4CC(C2)CC(Nc2ncc(Cl)c(-c5c[nH]c6ccccc56)n2)(C4)C3)cc1.Nc1ccc(C(=O)NC23CC4CC(C2)CC(Nc2ncc(Cl)c(-c5c[nH]c6ccccc56)n2)(C4)C3)cc1.O=C(Cl)/C=C/CBr. The first-order valence-corrected chi connectivity index (χ1v) is 32.5. The molecule has 21 heteroatoms. The summed E-state index contributed by atoms with van der Waals surface area (Å²) in [6, 6.07) is 30.5. The van der Waals surface area contributed by atoms with E-state index >= 15 is 0 Å². The van der Waals surface area contributed by atoms with Crippen LogP contribution in [-0.4, -0.2) is 106 Å². The molecule has 0 aliphatic heterocycles. The number of nitrogens with two attached hydrogens (primary N) is 1. The van der Waals surface area contributed by atoms with Crippen LogP contribution in [0.25, 0.3) is 44.3 Å². The second-order valence-corrected chi connectivity index (χ2v) is 27.5. The van der Waals surface area contributed by atoms with Crippen molar-refractivity contribution in [3.63, 3.8) is 0 Å². The standard InChI is InChI=1S/C35H38ClN7O2.C29H29ClN6O.C4H4BrClO/c1-43(2)13-5-8-30(44)39-25-11-9-24(10-12-25)32(45)41-34-15-22-14-23(16-34)18-35(17-22,21-34)42-33-38-20-28(36)31(40-33)27-19-37-29-7-4-3-6-26(27)29;30-23-15-33-27(34-25(23)22-14-32-24-4-2-1-3-21(22)24)36-29-12-17-9-18(13-29)11-28(10-17,16-29)35-26(37)19-5-7-20(31)8-6-19;5-3-1-2-4(6)7/h3-12,19-20,22-23,37H,13-18,21H2,1-2H3,(H,39,44)(H,41,45)(H,38,40,42);1-8,14-15,17-18,32H,9-13,16,31H2,(H,35,37)(H,33,34,36);1-2H,3H2/b8-5+;;2-1+. The van der Waals surface area contributed by atoms with E-state index < -0.39 is 5.24 Å². The predicted octanol–water partition coefficient (Wildman–Crippen LogP) is 13.8. The largest absolute Gasteiger partial charge is 0.399 e. The molecule has 16 rings (SSSR count). The van der Waals surface area contributed by atoms with E-state index in [1.165, 1.54) is 25.0 Å². The molecule has 89 heavy (non-hydrogen) atoms. The number of carbonyl (C=O) groups is 4. The Hall–Kier alpha value is -7.61. The number of hydrogen-bond acceptors (Lipinski definition) is 12. The molecule has 3 amide bonds. The zero-order chi connectivity index (χ0) is 62.1. The van der Waals surface area contributed by atoms with Gasteiger partial charge in [0.2, 0.25) is 23.0 Å². The molecule has 4 aromatic heterocycles. The van der Waals surface area contributed by atoms with Gasteiger partial charge in [-0.2, -0.15) is 0 Å². The van der Waals surface area contributed by atoms with Crippen LogP contribution in [0.15, 0.2) is 146 Å². The van der Waals surface area contributed by atoms with Gasteiger partial charge in [0.05, 0.1) is 33.8 Å². The van der Waals surface area contributed by atoms with Crippen LogP contribution in [0.5, 0.6) is 0 Å². The van der Waals surface area contributed by atoms with Crippen molar-refractivity contribution in [2.45, 2.75) is 99.2 Å². The van der Waals surface area contributed by atoms with Gasteiger partial charge >= 0.3 is 0 Å². The predicted molar refractivity (Wildman–Crippen MR) is 359 cm³/mol. The number of nitrogen functional groups attached to an aromatic ring is 1. The molecule has 4 heterocycles. The Labute approximate surface area is 540 Å². The summed E-state index contributed by atoms with van der Waals surface area (Å²) in [7, 11) is 3.89. The van der Waals surface area contributed by atoms with Crippen molar-refractivity contribution in [1.29, 1.82) is 0 Å². The second kappa shape index (κ2) is 25.7. The Bertz CT molecular complexity index is 3990. The summed E-state index contributed by atoms with van der Waals surface area (Å²) in [5.74, 6) is 3.04. The molecule has 0 saturated heterocycles. The van der Waals surface area contributed by atoms with Crippen molar-refractivity contribution in [3.8, 4) is 22.5 Å². The van der Waals surface area contributed by atoms with Gasteiger partial charge in [0.25, 0.3) is 11.8 Å². The van der Waals surface area contributed by atoms with E-state index in [9.17, 15) is 19.2 Å². The number of rotatable bonds is 16. The number of nitrogens with zero attached hydrogens (tertiary/aromatic N) is 5. The molecule has 8 aliphatic rings. The fraction of sp³-hybridized carbons (Fsp3) is 0.353. The van der Waals surface area contributed by atoms with Crippen LogP contribution in [0.4, 0.5) is 23.3 Å². The third kappa shape index (κ3) is 13.9. The monoisotopic (exact) mass is 1320 g/mol. The van der Waals surface area contributed by atoms with Gasteiger partial charge in [-0.15, -0.1) is 0 Å². The summed E-state index contributed by atoms with van der Waals surface area (Å²) in [6.45, 7) is 0.686. The van der Waals surface area contributed by atoms with Gasteiger partial charge in [-0.1, -0.05) is 87.7 Å². The van der Waals surface area contributed by atoms with Gasteiger partial charge in [-0.05, 0) is 193 Å². The van der Waals surface area contributed by atoms with Crippen LogP contribution >= 0.6 is 50.7 Å². The number of aromatic amines is 2. The number of nitrogens with one attached hydrogen (secondary N) is 7. The van der Waals surface area contributed by atoms with E-state index in [-0.39, 0.29) is 39.9 Å². The number of H-pyrrole nitrogens is 2. The first-order valence-electron chi connectivity index (χ1n) is 30.2. The molecule has 460 valence electrons. The van der Waals surface area contributed by atoms with Gasteiger partial charge in [0.1, 0.15) is 0 Å². The number of carbonyl (C=O) groups excluding carboxylic acids is 4. The number of anilines is 4. The molecular formula is C68H71BrCl3N13O4. The zero-order valence-electron chi connectivity index (χ0n) is 49.5. The molecule has 8 aliphatic carbocycles. The third-order valence-electron chi connectivity index (χ3n) is 18.5. The highest BCUT2D eigenvalue weighted by Gasteiger charge is 2.60. The lowest BCUT2D eigenvalue weighted by Gasteiger charge is -2.62. The second-order valence-electron chi connectivity index (χ2n) is 25.7. The summed E-state index contributed by atoms with van der Waals surface area (Å²) >= 11 is 21.2. The quantitative estimate of drug-likeness (QED) is 0.0195. The smallest absolute Gasteiger partial charge is 0.251 e. The molecule has 8 saturated carbocycles. The van der Waals surface area contributed by atoms with Gasteiger partial charge in [0, 0.05) is 108 Å². The van der Waals surface area contributed by atoms with Crippen molar-refractivity contribution in [3.05, 3.63) is 167 Å². The number of allylic oxidation sites excluding steroid dienone is 2. The summed E-state index contributed by atoms with van der Waals surface area (Å²) < 4.78 is 0. The van der Waals surface area contributed by atoms with Gasteiger partial charge in [-0.3, -0.25) is 19.2 Å². The fourth-order valence-corrected chi connectivity index (χ4v) is 16.7. The fourth-order valence-electron chi connectivity index (χ4n) is 16.0. The summed E-state index contributed by atoms with van der Waals surface area (Å²) in [5.41, 5.74) is 12.9. The number of aromatic nitrogens is 6. The van der Waals surface area contributed by atoms with E-state index in [1.807, 2.05) is 73.9 Å². The van der Waals surface area contributed by atoms with E-state index in [4.69, 9.17) is 50.5 Å². The average molecular weight is 1320 g/mol. The maximum absolute atomic E-state index is 13.6. The molecule has 4 atom stereocenters. The number of hydrogen-bond donors (Lipinski definition) is 8. The van der Waals surface area contributed by atoms with Gasteiger partial charge in [-0.25, -0.2) is 19.9 Å². The molecule has 4 unspecified atom stereocenters. The Kier molecular flexibility index (Phi) is 17.8. The van der Waals surface area contributed by atoms with Crippen molar-refractivity contribution in [1.82, 2.24) is 45.4 Å². The van der Waals surface area contributed by atoms with Gasteiger partial charge < -0.3 is 47.2 Å². The lowest BCUT2D eigenvalue weighted by molar-refractivity contribution is -0.112. The van der Waals surface area contributed by atoms with Crippen LogP contribution < -0.4 is 32.3 Å². The average Bonchev–Trinajstić information content (AvgIpc) is 1.72. The topological polar surface area (TPSA) is 241 Å². The number of benzene rings is 4. The minimum atomic E-state index is -0.431. The molecule has 9 N–H and O–H groups in total. The highest BCUT2D eigenvalue weighted by Crippen LogP contribution is 2.60. The number of halogens is 4. The zero-order valence-corrected chi connectivity index (χ0v) is 53.4. The van der Waals surface area contributed by atoms with Crippen molar-refractivity contribution >= 4 is 119 Å². The molecule has 8 bridgehead atoms. The molecule has 17 nitrogen and oxygen atoms in total. The van der Waals surface area contributed by atoms with Crippen LogP contribution in [-0.2, 0) is 9.59 Å². The number of fused-ring (bicyclic) bond motifs is 2. The molecule has 0 spiro atoms. The Balaban J connectivity index is 0.000000158. The van der Waals surface area contributed by atoms with Crippen LogP contribution in [0.2, 0.25) is 10.0 Å². The normalized spacial score (nSPS) is 25.2. The third-order valence-corrected chi connectivity index (χ3v) is 19.5. The van der Waals surface area contributed by atoms with Crippen molar-refractivity contribution in [2.75, 3.05) is 47.7 Å². The van der Waals surface area contributed by atoms with Crippen molar-refractivity contribution in [2.24, 2.45) is 23.7 Å². The molecule has 8 aromatic rings. The van der Waals surface area contributed by atoms with E-state index in [0.717, 1.165) is 97.1 Å². The van der Waals surface area contributed by atoms with Crippen LogP contribution in [0, 0.1) is 23.7 Å². The lowest BCUT2D eigenvalue weighted by Crippen LogP contribution is -2.67. The maximum atomic E-state index is 13.6. The van der Waals surface area contributed by atoms with E-state index in [1.54, 1.807) is 67.0 Å². The highest BCUT2D eigenvalue weighted by molar-refractivity contribution is 9.09. The maximum Gasteiger partial charge on any atom is 0.251 e. The van der Waals surface area contributed by atoms with Crippen LogP contribution in [0.3, 0.4) is 0 Å². The van der Waals surface area contributed by atoms with Crippen LogP contribution in [0.1, 0.15) is 97.8 Å².